The van der Waals surface area contributed by atoms with E-state index in [-0.39, 0.29) is 21.8 Å². The smallest absolute Gasteiger partial charge is 0.266 e. The van der Waals surface area contributed by atoms with Gasteiger partial charge < -0.3 is 5.11 Å². The minimum Gasteiger partial charge on any atom is -0.506 e. The second kappa shape index (κ2) is 6.02. The van der Waals surface area contributed by atoms with E-state index in [1.165, 1.54) is 16.9 Å². The first-order chi connectivity index (χ1) is 11.7. The number of aromatic hydroxyl groups is 1. The van der Waals surface area contributed by atoms with Gasteiger partial charge in [-0.3, -0.25) is 10.2 Å². The SMILES string of the molecule is CC(C)(C)c1ccc(O)c(-n2nc3cc(Cl)c(C(=O)NN)cc3n2)c1. The van der Waals surface area contributed by atoms with Crippen molar-refractivity contribution in [3.05, 3.63) is 46.5 Å². The van der Waals surface area contributed by atoms with Gasteiger partial charge in [-0.1, -0.05) is 38.4 Å². The number of nitrogens with one attached hydrogen (secondary N) is 1. The summed E-state index contributed by atoms with van der Waals surface area (Å²) in [6.07, 6.45) is 0. The number of benzene rings is 2. The summed E-state index contributed by atoms with van der Waals surface area (Å²) < 4.78 is 0. The molecule has 0 aliphatic carbocycles. The molecule has 3 aromatic rings. The number of fused-ring (bicyclic) bond motifs is 1. The van der Waals surface area contributed by atoms with Crippen molar-refractivity contribution in [2.75, 3.05) is 0 Å². The molecule has 1 aromatic heterocycles. The Hall–Kier alpha value is -2.64. The molecule has 8 heteroatoms. The van der Waals surface area contributed by atoms with Gasteiger partial charge in [-0.2, -0.15) is 0 Å². The van der Waals surface area contributed by atoms with E-state index < -0.39 is 5.91 Å². The Morgan fingerprint density at radius 1 is 1.20 bits per heavy atom. The highest BCUT2D eigenvalue weighted by atomic mass is 35.5. The Bertz CT molecular complexity index is 975. The fraction of sp³-hybridized carbons (Fsp3) is 0.235. The Balaban J connectivity index is 2.16. The van der Waals surface area contributed by atoms with Crippen molar-refractivity contribution < 1.29 is 9.90 Å². The molecule has 25 heavy (non-hydrogen) atoms. The summed E-state index contributed by atoms with van der Waals surface area (Å²) in [5.74, 6) is 4.70. The third-order valence-corrected chi connectivity index (χ3v) is 4.21. The van der Waals surface area contributed by atoms with Crippen LogP contribution in [-0.4, -0.2) is 26.0 Å². The lowest BCUT2D eigenvalue weighted by atomic mass is 9.87. The molecule has 2 aromatic carbocycles. The number of carbonyl (C=O) groups is 1. The summed E-state index contributed by atoms with van der Waals surface area (Å²) in [6, 6.07) is 8.36. The van der Waals surface area contributed by atoms with E-state index in [0.29, 0.717) is 16.7 Å². The standard InChI is InChI=1S/C17H18ClN5O2/c1-17(2,3)9-4-5-15(24)14(6-9)23-21-12-7-10(16(25)20-19)11(18)8-13(12)22-23/h4-8,24H,19H2,1-3H3,(H,20,25). The van der Waals surface area contributed by atoms with Gasteiger partial charge in [0.25, 0.3) is 5.91 Å². The fourth-order valence-electron chi connectivity index (χ4n) is 2.45. The first-order valence-electron chi connectivity index (χ1n) is 7.62. The maximum atomic E-state index is 11.7. The van der Waals surface area contributed by atoms with Crippen molar-refractivity contribution in [3.63, 3.8) is 0 Å². The number of halogens is 1. The molecule has 0 unspecified atom stereocenters. The van der Waals surface area contributed by atoms with Gasteiger partial charge in [0, 0.05) is 0 Å². The van der Waals surface area contributed by atoms with Crippen LogP contribution in [0.25, 0.3) is 16.7 Å². The Kier molecular flexibility index (Phi) is 4.14. The first-order valence-corrected chi connectivity index (χ1v) is 8.00. The number of phenolic OH excluding ortho intramolecular Hbond substituents is 1. The number of rotatable bonds is 2. The minimum atomic E-state index is -0.515. The third-order valence-electron chi connectivity index (χ3n) is 3.90. The quantitative estimate of drug-likeness (QED) is 0.370. The summed E-state index contributed by atoms with van der Waals surface area (Å²) in [5, 5.41) is 19.1. The van der Waals surface area contributed by atoms with E-state index >= 15 is 0 Å². The molecule has 0 spiro atoms. The number of hydrazine groups is 1. The van der Waals surface area contributed by atoms with Crippen molar-refractivity contribution in [1.29, 1.82) is 0 Å². The molecule has 4 N–H and O–H groups in total. The number of nitrogen functional groups attached to an aromatic ring is 1. The van der Waals surface area contributed by atoms with Crippen LogP contribution >= 0.6 is 11.6 Å². The lowest BCUT2D eigenvalue weighted by molar-refractivity contribution is 0.0954. The Morgan fingerprint density at radius 2 is 1.84 bits per heavy atom. The number of aromatic nitrogens is 3. The second-order valence-electron chi connectivity index (χ2n) is 6.74. The van der Waals surface area contributed by atoms with Crippen LogP contribution in [-0.2, 0) is 5.41 Å². The summed E-state index contributed by atoms with van der Waals surface area (Å²) in [7, 11) is 0. The van der Waals surface area contributed by atoms with E-state index in [1.807, 2.05) is 17.6 Å². The molecule has 0 radical (unpaired) electrons. The zero-order valence-electron chi connectivity index (χ0n) is 14.0. The van der Waals surface area contributed by atoms with Crippen molar-refractivity contribution in [2.24, 2.45) is 5.84 Å². The molecule has 7 nitrogen and oxygen atoms in total. The van der Waals surface area contributed by atoms with Gasteiger partial charge >= 0.3 is 0 Å². The molecule has 0 fully saturated rings. The topological polar surface area (TPSA) is 106 Å². The minimum absolute atomic E-state index is 0.0549. The lowest BCUT2D eigenvalue weighted by Gasteiger charge is -2.19. The number of carbonyl (C=O) groups excluding carboxylic acids is 1. The van der Waals surface area contributed by atoms with Crippen LogP contribution in [0.15, 0.2) is 30.3 Å². The van der Waals surface area contributed by atoms with Crippen molar-refractivity contribution in [3.8, 4) is 11.4 Å². The van der Waals surface area contributed by atoms with Crippen LogP contribution in [0.4, 0.5) is 0 Å². The second-order valence-corrected chi connectivity index (χ2v) is 7.14. The number of nitrogens with zero attached hydrogens (tertiary/aromatic N) is 3. The van der Waals surface area contributed by atoms with Gasteiger partial charge in [0.15, 0.2) is 0 Å². The highest BCUT2D eigenvalue weighted by Gasteiger charge is 2.18. The maximum Gasteiger partial charge on any atom is 0.266 e. The van der Waals surface area contributed by atoms with Crippen molar-refractivity contribution in [2.45, 2.75) is 26.2 Å². The number of amides is 1. The lowest BCUT2D eigenvalue weighted by Crippen LogP contribution is -2.30. The summed E-state index contributed by atoms with van der Waals surface area (Å²) in [6.45, 7) is 6.23. The maximum absolute atomic E-state index is 11.7. The fourth-order valence-corrected chi connectivity index (χ4v) is 2.69. The molecule has 1 amide bonds. The molecule has 0 saturated heterocycles. The molecule has 3 rings (SSSR count). The van der Waals surface area contributed by atoms with E-state index in [0.717, 1.165) is 5.56 Å². The number of nitrogens with two attached hydrogens (primary N) is 1. The zero-order chi connectivity index (χ0) is 18.4. The van der Waals surface area contributed by atoms with Gasteiger partial charge in [-0.05, 0) is 35.2 Å². The molecular formula is C17H18ClN5O2. The average Bonchev–Trinajstić information content (AvgIpc) is 2.95. The first kappa shape index (κ1) is 17.2. The van der Waals surface area contributed by atoms with Crippen LogP contribution in [0.3, 0.4) is 0 Å². The molecule has 130 valence electrons. The molecule has 0 aliphatic rings. The molecule has 1 heterocycles. The van der Waals surface area contributed by atoms with Gasteiger partial charge in [-0.25, -0.2) is 5.84 Å². The van der Waals surface area contributed by atoms with Crippen molar-refractivity contribution >= 4 is 28.5 Å². The predicted octanol–water partition coefficient (Wildman–Crippen LogP) is 2.68. The van der Waals surface area contributed by atoms with E-state index in [9.17, 15) is 9.90 Å². The number of hydrogen-bond acceptors (Lipinski definition) is 5. The van der Waals surface area contributed by atoms with Crippen LogP contribution in [0.1, 0.15) is 36.7 Å². The molecule has 0 bridgehead atoms. The molecule has 0 saturated carbocycles. The normalized spacial score (nSPS) is 11.7. The largest absolute Gasteiger partial charge is 0.506 e. The van der Waals surface area contributed by atoms with Gasteiger partial charge in [0.1, 0.15) is 22.5 Å². The third kappa shape index (κ3) is 3.16. The van der Waals surface area contributed by atoms with E-state index in [2.05, 4.69) is 31.0 Å². The van der Waals surface area contributed by atoms with Crippen molar-refractivity contribution in [1.82, 2.24) is 20.4 Å². The summed E-state index contributed by atoms with van der Waals surface area (Å²) in [4.78, 5) is 13.1. The number of phenols is 1. The highest BCUT2D eigenvalue weighted by Crippen LogP contribution is 2.30. The highest BCUT2D eigenvalue weighted by molar-refractivity contribution is 6.34. The molecule has 0 aliphatic heterocycles. The molecular weight excluding hydrogens is 342 g/mol. The summed E-state index contributed by atoms with van der Waals surface area (Å²) >= 11 is 6.11. The van der Waals surface area contributed by atoms with Crippen LogP contribution in [0.2, 0.25) is 5.02 Å². The van der Waals surface area contributed by atoms with Gasteiger partial charge in [0.2, 0.25) is 0 Å². The van der Waals surface area contributed by atoms with E-state index in [1.54, 1.807) is 6.07 Å². The van der Waals surface area contributed by atoms with E-state index in [4.69, 9.17) is 17.4 Å². The average molecular weight is 360 g/mol. The monoisotopic (exact) mass is 359 g/mol. The predicted molar refractivity (Wildman–Crippen MR) is 95.9 cm³/mol. The van der Waals surface area contributed by atoms with Gasteiger partial charge in [-0.15, -0.1) is 15.0 Å². The van der Waals surface area contributed by atoms with Gasteiger partial charge in [0.05, 0.1) is 10.6 Å². The Morgan fingerprint density at radius 3 is 2.44 bits per heavy atom. The van der Waals surface area contributed by atoms with Crippen LogP contribution in [0.5, 0.6) is 5.75 Å². The summed E-state index contributed by atoms with van der Waals surface area (Å²) in [5.41, 5.74) is 4.59. The molecule has 0 atom stereocenters. The number of hydrogen-bond donors (Lipinski definition) is 3. The zero-order valence-corrected chi connectivity index (χ0v) is 14.8. The van der Waals surface area contributed by atoms with Crippen LogP contribution in [0, 0.1) is 0 Å². The Labute approximate surface area is 149 Å². The van der Waals surface area contributed by atoms with Crippen LogP contribution < -0.4 is 11.3 Å².